The largest absolute Gasteiger partial charge is 0.469 e. The van der Waals surface area contributed by atoms with Crippen LogP contribution in [0.4, 0.5) is 0 Å². The second-order valence-corrected chi connectivity index (χ2v) is 5.50. The van der Waals surface area contributed by atoms with Gasteiger partial charge in [0.05, 0.1) is 13.0 Å². The highest BCUT2D eigenvalue weighted by molar-refractivity contribution is 5.71. The molecule has 1 heterocycles. The lowest BCUT2D eigenvalue weighted by Gasteiger charge is -2.20. The summed E-state index contributed by atoms with van der Waals surface area (Å²) >= 11 is 0. The number of hydrogen-bond acceptors (Lipinski definition) is 3. The Morgan fingerprint density at radius 3 is 2.79 bits per heavy atom. The van der Waals surface area contributed by atoms with Gasteiger partial charge in [-0.2, -0.15) is 0 Å². The normalized spacial score (nSPS) is 13.5. The Bertz CT molecular complexity index is 464. The third-order valence-electron chi connectivity index (χ3n) is 3.20. The molecule has 1 atom stereocenters. The van der Waals surface area contributed by atoms with Gasteiger partial charge in [0.2, 0.25) is 0 Å². The summed E-state index contributed by atoms with van der Waals surface area (Å²) in [6.45, 7) is 8.17. The maximum absolute atomic E-state index is 11.3. The molecule has 1 aromatic heterocycles. The van der Waals surface area contributed by atoms with Crippen LogP contribution in [0.25, 0.3) is 0 Å². The highest BCUT2D eigenvalue weighted by Gasteiger charge is 2.19. The van der Waals surface area contributed by atoms with Gasteiger partial charge < -0.3 is 4.74 Å². The maximum Gasteiger partial charge on any atom is 0.308 e. The van der Waals surface area contributed by atoms with Gasteiger partial charge in [-0.25, -0.2) is 0 Å². The maximum atomic E-state index is 11.3. The highest BCUT2D eigenvalue weighted by Crippen LogP contribution is 2.24. The van der Waals surface area contributed by atoms with E-state index in [0.717, 1.165) is 5.69 Å². The minimum absolute atomic E-state index is 0.109. The number of carbonyl (C=O) groups is 1. The van der Waals surface area contributed by atoms with E-state index in [9.17, 15) is 4.79 Å². The summed E-state index contributed by atoms with van der Waals surface area (Å²) < 4.78 is 4.71. The van der Waals surface area contributed by atoms with Gasteiger partial charge in [0, 0.05) is 17.3 Å². The summed E-state index contributed by atoms with van der Waals surface area (Å²) in [5.74, 6) is -0.279. The van der Waals surface area contributed by atoms with Gasteiger partial charge in [-0.15, -0.1) is 0 Å². The van der Waals surface area contributed by atoms with E-state index in [2.05, 4.69) is 37.9 Å². The minimum atomic E-state index is -0.170. The lowest BCUT2D eigenvalue weighted by molar-refractivity contribution is -0.144. The second kappa shape index (κ2) is 6.50. The molecule has 0 amide bonds. The fraction of sp³-hybridized carbons (Fsp3) is 0.500. The highest BCUT2D eigenvalue weighted by atomic mass is 16.5. The number of allylic oxidation sites excluding steroid dienone is 2. The lowest BCUT2D eigenvalue weighted by atomic mass is 9.87. The number of esters is 1. The first-order valence-electron chi connectivity index (χ1n) is 6.55. The summed E-state index contributed by atoms with van der Waals surface area (Å²) in [6.07, 6.45) is 6.65. The van der Waals surface area contributed by atoms with Crippen LogP contribution in [0.2, 0.25) is 0 Å². The van der Waals surface area contributed by atoms with E-state index in [1.54, 1.807) is 0 Å². The van der Waals surface area contributed by atoms with E-state index in [0.29, 0.717) is 6.42 Å². The molecule has 0 saturated heterocycles. The van der Waals surface area contributed by atoms with Crippen LogP contribution in [0, 0.1) is 12.8 Å². The summed E-state index contributed by atoms with van der Waals surface area (Å²) in [6, 6.07) is 4.08. The van der Waals surface area contributed by atoms with Crippen LogP contribution in [0.1, 0.15) is 38.4 Å². The van der Waals surface area contributed by atoms with E-state index in [-0.39, 0.29) is 17.3 Å². The molecule has 3 nitrogen and oxygen atoms in total. The number of pyridine rings is 1. The Balaban J connectivity index is 2.71. The third-order valence-corrected chi connectivity index (χ3v) is 3.20. The first kappa shape index (κ1) is 15.4. The van der Waals surface area contributed by atoms with E-state index in [4.69, 9.17) is 4.74 Å². The zero-order valence-electron chi connectivity index (χ0n) is 12.4. The molecule has 3 heteroatoms. The molecule has 0 aliphatic carbocycles. The number of carbonyl (C=O) groups excluding carboxylic acids is 1. The minimum Gasteiger partial charge on any atom is -0.469 e. The summed E-state index contributed by atoms with van der Waals surface area (Å²) in [5, 5.41) is 0. The Morgan fingerprint density at radius 2 is 2.21 bits per heavy atom. The molecule has 1 aromatic rings. The lowest BCUT2D eigenvalue weighted by Crippen LogP contribution is -2.16. The number of ether oxygens (including phenoxy) is 1. The molecular weight excluding hydrogens is 238 g/mol. The Kier molecular flexibility index (Phi) is 5.28. The quantitative estimate of drug-likeness (QED) is 0.602. The van der Waals surface area contributed by atoms with Crippen molar-refractivity contribution in [3.05, 3.63) is 41.7 Å². The van der Waals surface area contributed by atoms with Gasteiger partial charge in [-0.05, 0) is 31.0 Å². The number of rotatable bonds is 5. The van der Waals surface area contributed by atoms with Gasteiger partial charge in [-0.3, -0.25) is 9.78 Å². The molecule has 1 rings (SSSR count). The van der Waals surface area contributed by atoms with E-state index >= 15 is 0 Å². The molecule has 0 saturated carbocycles. The topological polar surface area (TPSA) is 39.2 Å². The van der Waals surface area contributed by atoms with Crippen molar-refractivity contribution in [1.29, 1.82) is 0 Å². The predicted octanol–water partition coefficient (Wildman–Crippen LogP) is 3.42. The van der Waals surface area contributed by atoms with Gasteiger partial charge in [-0.1, -0.05) is 32.9 Å². The van der Waals surface area contributed by atoms with Crippen molar-refractivity contribution in [2.75, 3.05) is 7.11 Å². The van der Waals surface area contributed by atoms with Crippen molar-refractivity contribution >= 4 is 5.97 Å². The van der Waals surface area contributed by atoms with Crippen LogP contribution in [0.3, 0.4) is 0 Å². The average Bonchev–Trinajstić information content (AvgIpc) is 2.37. The molecule has 0 fully saturated rings. The van der Waals surface area contributed by atoms with Crippen molar-refractivity contribution in [3.8, 4) is 0 Å². The fourth-order valence-electron chi connectivity index (χ4n) is 1.84. The van der Waals surface area contributed by atoms with Crippen molar-refractivity contribution in [1.82, 2.24) is 4.98 Å². The van der Waals surface area contributed by atoms with Gasteiger partial charge >= 0.3 is 5.97 Å². The summed E-state index contributed by atoms with van der Waals surface area (Å²) in [5.41, 5.74) is 2.10. The Labute approximate surface area is 115 Å². The van der Waals surface area contributed by atoms with Gasteiger partial charge in [0.1, 0.15) is 0 Å². The average molecular weight is 261 g/mol. The summed E-state index contributed by atoms with van der Waals surface area (Å²) in [4.78, 5) is 15.7. The van der Waals surface area contributed by atoms with E-state index < -0.39 is 0 Å². The zero-order valence-corrected chi connectivity index (χ0v) is 12.4. The first-order valence-corrected chi connectivity index (χ1v) is 6.55. The number of nitrogens with zero attached hydrogens (tertiary/aromatic N) is 1. The van der Waals surface area contributed by atoms with E-state index in [1.165, 1.54) is 12.7 Å². The molecule has 0 aliphatic rings. The molecule has 0 unspecified atom stereocenters. The van der Waals surface area contributed by atoms with Crippen LogP contribution in [-0.4, -0.2) is 18.1 Å². The van der Waals surface area contributed by atoms with Crippen molar-refractivity contribution in [3.63, 3.8) is 0 Å². The van der Waals surface area contributed by atoms with Crippen molar-refractivity contribution in [2.45, 2.75) is 39.5 Å². The molecule has 0 spiro atoms. The molecule has 0 N–H and O–H groups in total. The molecule has 0 bridgehead atoms. The number of aryl methyl sites for hydroxylation is 1. The monoisotopic (exact) mass is 261 g/mol. The first-order chi connectivity index (χ1) is 8.86. The Hall–Kier alpha value is -1.64. The van der Waals surface area contributed by atoms with Crippen LogP contribution in [-0.2, 0) is 14.9 Å². The molecule has 0 radical (unpaired) electrons. The standard InChI is InChI=1S/C16H23NO2/c1-12-8-10-17-14(11-12)16(3,4)9-6-7-13(2)15(18)19-5/h6,8-11,13H,7H2,1-5H3/b9-6+/t13-/m1/s1. The van der Waals surface area contributed by atoms with Crippen LogP contribution >= 0.6 is 0 Å². The van der Waals surface area contributed by atoms with Crippen LogP contribution < -0.4 is 0 Å². The van der Waals surface area contributed by atoms with Gasteiger partial charge in [0.25, 0.3) is 0 Å². The molecular formula is C16H23NO2. The van der Waals surface area contributed by atoms with E-state index in [1.807, 2.05) is 25.3 Å². The molecule has 19 heavy (non-hydrogen) atoms. The molecule has 0 aliphatic heterocycles. The molecule has 0 aromatic carbocycles. The van der Waals surface area contributed by atoms with Crippen LogP contribution in [0.15, 0.2) is 30.5 Å². The zero-order chi connectivity index (χ0) is 14.5. The predicted molar refractivity (Wildman–Crippen MR) is 76.9 cm³/mol. The number of aromatic nitrogens is 1. The van der Waals surface area contributed by atoms with Crippen LogP contribution in [0.5, 0.6) is 0 Å². The Morgan fingerprint density at radius 1 is 1.53 bits per heavy atom. The smallest absolute Gasteiger partial charge is 0.308 e. The third kappa shape index (κ3) is 4.51. The number of hydrogen-bond donors (Lipinski definition) is 0. The SMILES string of the molecule is COC(=O)[C@H](C)C/C=C/C(C)(C)c1cc(C)ccn1. The van der Waals surface area contributed by atoms with Gasteiger partial charge in [0.15, 0.2) is 0 Å². The van der Waals surface area contributed by atoms with Crippen molar-refractivity contribution in [2.24, 2.45) is 5.92 Å². The van der Waals surface area contributed by atoms with Crippen molar-refractivity contribution < 1.29 is 9.53 Å². The second-order valence-electron chi connectivity index (χ2n) is 5.50. The molecule has 104 valence electrons. The number of methoxy groups -OCH3 is 1. The summed E-state index contributed by atoms with van der Waals surface area (Å²) in [7, 11) is 1.42. The fourth-order valence-corrected chi connectivity index (χ4v) is 1.84.